The Hall–Kier alpha value is -2.64. The summed E-state index contributed by atoms with van der Waals surface area (Å²) in [6.45, 7) is 0.256. The molecule has 0 aliphatic heterocycles. The first kappa shape index (κ1) is 14.3. The van der Waals surface area contributed by atoms with Gasteiger partial charge in [-0.3, -0.25) is 4.79 Å². The highest BCUT2D eigenvalue weighted by Gasteiger charge is 2.17. The minimum Gasteiger partial charge on any atom is -0.395 e. The highest BCUT2D eigenvalue weighted by atomic mass is 16.3. The second-order valence-corrected chi connectivity index (χ2v) is 5.23. The molecular weight excluding hydrogens is 282 g/mol. The highest BCUT2D eigenvalue weighted by Crippen LogP contribution is 2.30. The zero-order valence-corrected chi connectivity index (χ0v) is 11.9. The number of primary amides is 1. The fourth-order valence-corrected chi connectivity index (χ4v) is 2.65. The van der Waals surface area contributed by atoms with Crippen molar-refractivity contribution in [3.63, 3.8) is 0 Å². The van der Waals surface area contributed by atoms with Gasteiger partial charge in [0.2, 0.25) is 0 Å². The molecule has 0 saturated carbocycles. The van der Waals surface area contributed by atoms with E-state index in [2.05, 4.69) is 4.98 Å². The van der Waals surface area contributed by atoms with E-state index in [0.29, 0.717) is 12.2 Å². The molecular formula is C15H17N5O2. The minimum absolute atomic E-state index is 0.0848. The van der Waals surface area contributed by atoms with E-state index in [-0.39, 0.29) is 18.0 Å². The molecule has 1 atom stereocenters. The lowest BCUT2D eigenvalue weighted by atomic mass is 10.1. The third kappa shape index (κ3) is 2.16. The summed E-state index contributed by atoms with van der Waals surface area (Å²) in [7, 11) is 0. The van der Waals surface area contributed by atoms with Crippen LogP contribution in [0, 0.1) is 0 Å². The third-order valence-corrected chi connectivity index (χ3v) is 3.69. The number of nitrogen functional groups attached to an aromatic ring is 1. The molecule has 7 nitrogen and oxygen atoms in total. The summed E-state index contributed by atoms with van der Waals surface area (Å²) in [5.74, 6) is -0.530. The molecule has 3 rings (SSSR count). The number of aliphatic hydroxyl groups is 1. The predicted octanol–water partition coefficient (Wildman–Crippen LogP) is 0.190. The molecule has 0 radical (unpaired) electrons. The van der Waals surface area contributed by atoms with Gasteiger partial charge >= 0.3 is 0 Å². The molecule has 114 valence electrons. The average Bonchev–Trinajstić information content (AvgIpc) is 2.80. The molecule has 3 aromatic rings. The maximum atomic E-state index is 11.5. The molecule has 7 heteroatoms. The molecule has 1 amide bonds. The molecule has 0 fully saturated rings. The topological polar surface area (TPSA) is 133 Å². The number of para-hydroxylation sites is 1. The van der Waals surface area contributed by atoms with Crippen molar-refractivity contribution in [3.8, 4) is 0 Å². The van der Waals surface area contributed by atoms with Crippen LogP contribution >= 0.6 is 0 Å². The maximum absolute atomic E-state index is 11.5. The summed E-state index contributed by atoms with van der Waals surface area (Å²) in [4.78, 5) is 15.8. The van der Waals surface area contributed by atoms with Gasteiger partial charge in [-0.25, -0.2) is 4.98 Å². The van der Waals surface area contributed by atoms with Gasteiger partial charge < -0.3 is 26.9 Å². The lowest BCUT2D eigenvalue weighted by Gasteiger charge is -2.12. The molecule has 2 aromatic heterocycles. The van der Waals surface area contributed by atoms with Gasteiger partial charge in [0, 0.05) is 23.4 Å². The molecule has 0 spiro atoms. The number of hydrogen-bond acceptors (Lipinski definition) is 5. The van der Waals surface area contributed by atoms with Crippen molar-refractivity contribution in [1.82, 2.24) is 9.55 Å². The fraction of sp³-hybridized carbons (Fsp3) is 0.200. The van der Waals surface area contributed by atoms with Crippen LogP contribution in [0.2, 0.25) is 0 Å². The number of aliphatic hydroxyl groups excluding tert-OH is 1. The Morgan fingerprint density at radius 2 is 2.05 bits per heavy atom. The molecule has 1 aromatic carbocycles. The van der Waals surface area contributed by atoms with Crippen LogP contribution < -0.4 is 17.2 Å². The van der Waals surface area contributed by atoms with Gasteiger partial charge in [0.1, 0.15) is 11.5 Å². The molecule has 7 N–H and O–H groups in total. The van der Waals surface area contributed by atoms with Gasteiger partial charge in [-0.05, 0) is 12.1 Å². The quantitative estimate of drug-likeness (QED) is 0.545. The fourth-order valence-electron chi connectivity index (χ4n) is 2.65. The van der Waals surface area contributed by atoms with Gasteiger partial charge in [0.25, 0.3) is 5.91 Å². The van der Waals surface area contributed by atoms with Crippen molar-refractivity contribution in [3.05, 3.63) is 35.9 Å². The van der Waals surface area contributed by atoms with Gasteiger partial charge in [-0.1, -0.05) is 18.2 Å². The van der Waals surface area contributed by atoms with Crippen LogP contribution in [-0.4, -0.2) is 33.2 Å². The van der Waals surface area contributed by atoms with Gasteiger partial charge in [-0.2, -0.15) is 0 Å². The standard InChI is InChI=1S/C15H17N5O2/c16-8(7-21)6-20-12-4-2-1-3-9(12)10-5-11(14(18)22)13(17)19-15(10)20/h1-5,8,21H,6-7,16H2,(H2,17,19)(H2,18,22)/t8-/m1/s1. The molecule has 0 aliphatic rings. The molecule has 0 saturated heterocycles. The first-order valence-electron chi connectivity index (χ1n) is 6.86. The number of aromatic nitrogens is 2. The SMILES string of the molecule is NC(=O)c1cc2c3ccccc3n(C[C@@H](N)CO)c2nc1N. The van der Waals surface area contributed by atoms with Crippen molar-refractivity contribution < 1.29 is 9.90 Å². The smallest absolute Gasteiger partial charge is 0.252 e. The number of nitrogens with zero attached hydrogens (tertiary/aromatic N) is 2. The van der Waals surface area contributed by atoms with Gasteiger partial charge in [0.15, 0.2) is 0 Å². The second kappa shape index (κ2) is 5.28. The zero-order chi connectivity index (χ0) is 15.9. The number of rotatable bonds is 4. The maximum Gasteiger partial charge on any atom is 0.252 e. The number of nitrogens with two attached hydrogens (primary N) is 3. The number of hydrogen-bond donors (Lipinski definition) is 4. The summed E-state index contributed by atoms with van der Waals surface area (Å²) in [6, 6.07) is 8.91. The summed E-state index contributed by atoms with van der Waals surface area (Å²) in [5, 5.41) is 10.9. The summed E-state index contributed by atoms with van der Waals surface area (Å²) < 4.78 is 1.90. The Labute approximate surface area is 126 Å². The first-order chi connectivity index (χ1) is 10.5. The van der Waals surface area contributed by atoms with Crippen LogP contribution in [0.5, 0.6) is 0 Å². The highest BCUT2D eigenvalue weighted by molar-refractivity contribution is 6.10. The monoisotopic (exact) mass is 299 g/mol. The Kier molecular flexibility index (Phi) is 3.44. The van der Waals surface area contributed by atoms with E-state index in [0.717, 1.165) is 16.3 Å². The molecule has 0 bridgehead atoms. The Balaban J connectivity index is 2.36. The van der Waals surface area contributed by atoms with E-state index in [1.54, 1.807) is 6.07 Å². The van der Waals surface area contributed by atoms with Crippen LogP contribution in [0.25, 0.3) is 21.9 Å². The van der Waals surface area contributed by atoms with E-state index in [1.165, 1.54) is 0 Å². The van der Waals surface area contributed by atoms with Crippen LogP contribution in [0.1, 0.15) is 10.4 Å². The summed E-state index contributed by atoms with van der Waals surface area (Å²) in [6.07, 6.45) is 0. The normalized spacial score (nSPS) is 12.8. The van der Waals surface area contributed by atoms with Crippen molar-refractivity contribution in [1.29, 1.82) is 0 Å². The number of anilines is 1. The number of carbonyl (C=O) groups excluding carboxylic acids is 1. The molecule has 22 heavy (non-hydrogen) atoms. The number of carbonyl (C=O) groups is 1. The summed E-state index contributed by atoms with van der Waals surface area (Å²) in [5.41, 5.74) is 18.8. The number of fused-ring (bicyclic) bond motifs is 3. The Bertz CT molecular complexity index is 871. The Morgan fingerprint density at radius 3 is 2.73 bits per heavy atom. The third-order valence-electron chi connectivity index (χ3n) is 3.69. The van der Waals surface area contributed by atoms with E-state index >= 15 is 0 Å². The number of amides is 1. The van der Waals surface area contributed by atoms with E-state index in [9.17, 15) is 9.90 Å². The first-order valence-corrected chi connectivity index (χ1v) is 6.86. The molecule has 0 aliphatic carbocycles. The van der Waals surface area contributed by atoms with Crippen LogP contribution in [-0.2, 0) is 6.54 Å². The van der Waals surface area contributed by atoms with Crippen molar-refractivity contribution in [2.45, 2.75) is 12.6 Å². The van der Waals surface area contributed by atoms with Crippen LogP contribution in [0.15, 0.2) is 30.3 Å². The van der Waals surface area contributed by atoms with E-state index in [4.69, 9.17) is 17.2 Å². The van der Waals surface area contributed by atoms with Gasteiger partial charge in [0.05, 0.1) is 17.7 Å². The van der Waals surface area contributed by atoms with Crippen molar-refractivity contribution in [2.75, 3.05) is 12.3 Å². The van der Waals surface area contributed by atoms with Crippen molar-refractivity contribution in [2.24, 2.45) is 11.5 Å². The Morgan fingerprint density at radius 1 is 1.32 bits per heavy atom. The zero-order valence-electron chi connectivity index (χ0n) is 11.9. The minimum atomic E-state index is -0.615. The van der Waals surface area contributed by atoms with E-state index < -0.39 is 11.9 Å². The average molecular weight is 299 g/mol. The predicted molar refractivity (Wildman–Crippen MR) is 85.2 cm³/mol. The molecule has 0 unspecified atom stereocenters. The van der Waals surface area contributed by atoms with Crippen molar-refractivity contribution >= 4 is 33.7 Å². The van der Waals surface area contributed by atoms with E-state index in [1.807, 2.05) is 28.8 Å². The number of benzene rings is 1. The van der Waals surface area contributed by atoms with Crippen LogP contribution in [0.3, 0.4) is 0 Å². The van der Waals surface area contributed by atoms with Gasteiger partial charge in [-0.15, -0.1) is 0 Å². The van der Waals surface area contributed by atoms with Crippen LogP contribution in [0.4, 0.5) is 5.82 Å². The summed E-state index contributed by atoms with van der Waals surface area (Å²) >= 11 is 0. The lowest BCUT2D eigenvalue weighted by molar-refractivity contribution is 0.100. The lowest BCUT2D eigenvalue weighted by Crippen LogP contribution is -2.29. The number of pyridine rings is 1. The molecule has 2 heterocycles. The second-order valence-electron chi connectivity index (χ2n) is 5.23. The largest absolute Gasteiger partial charge is 0.395 e.